The summed E-state index contributed by atoms with van der Waals surface area (Å²) in [5.74, 6) is 1.25. The zero-order valence-corrected chi connectivity index (χ0v) is 11.2. The summed E-state index contributed by atoms with van der Waals surface area (Å²) in [6.07, 6.45) is 1.05. The van der Waals surface area contributed by atoms with Crippen LogP contribution >= 0.6 is 0 Å². The maximum absolute atomic E-state index is 10.8. The Hall–Kier alpha value is -2.15. The van der Waals surface area contributed by atoms with E-state index in [0.717, 1.165) is 24.4 Å². The minimum Gasteiger partial charge on any atom is -0.339 e. The van der Waals surface area contributed by atoms with Crippen molar-refractivity contribution >= 4 is 22.7 Å². The fourth-order valence-corrected chi connectivity index (χ4v) is 2.84. The molecule has 7 nitrogen and oxygen atoms in total. The van der Waals surface area contributed by atoms with Gasteiger partial charge in [0, 0.05) is 24.7 Å². The van der Waals surface area contributed by atoms with Gasteiger partial charge in [-0.1, -0.05) is 0 Å². The predicted molar refractivity (Wildman–Crippen MR) is 76.7 cm³/mol. The van der Waals surface area contributed by atoms with Crippen molar-refractivity contribution in [3.05, 3.63) is 28.3 Å². The van der Waals surface area contributed by atoms with Gasteiger partial charge >= 0.3 is 0 Å². The molecule has 2 unspecified atom stereocenters. The molecule has 1 aromatic carbocycles. The molecule has 1 aromatic heterocycles. The Morgan fingerprint density at radius 1 is 1.60 bits per heavy atom. The molecular formula is C13H17N5O2. The number of hydrogen-bond acceptors (Lipinski definition) is 5. The Morgan fingerprint density at radius 3 is 3.05 bits per heavy atom. The zero-order chi connectivity index (χ0) is 14.3. The molecule has 1 aliphatic heterocycles. The maximum atomic E-state index is 10.8. The molecule has 1 aliphatic rings. The molecule has 1 fully saturated rings. The Kier molecular flexibility index (Phi) is 3.06. The van der Waals surface area contributed by atoms with Gasteiger partial charge < -0.3 is 15.6 Å². The normalized spacial score (nSPS) is 22.6. The summed E-state index contributed by atoms with van der Waals surface area (Å²) in [7, 11) is 0. The van der Waals surface area contributed by atoms with Crippen LogP contribution in [0.5, 0.6) is 0 Å². The van der Waals surface area contributed by atoms with Crippen LogP contribution in [0.2, 0.25) is 0 Å². The van der Waals surface area contributed by atoms with Crippen LogP contribution in [0, 0.1) is 16.0 Å². The van der Waals surface area contributed by atoms with Gasteiger partial charge in [-0.3, -0.25) is 10.1 Å². The van der Waals surface area contributed by atoms with Crippen LogP contribution in [0.15, 0.2) is 18.2 Å². The summed E-state index contributed by atoms with van der Waals surface area (Å²) in [4.78, 5) is 20.3. The summed E-state index contributed by atoms with van der Waals surface area (Å²) in [5.41, 5.74) is 7.24. The molecule has 0 amide bonds. The molecule has 3 rings (SSSR count). The second kappa shape index (κ2) is 4.75. The summed E-state index contributed by atoms with van der Waals surface area (Å²) in [6.45, 7) is 3.69. The average Bonchev–Trinajstić information content (AvgIpc) is 3.00. The Balaban J connectivity index is 1.95. The first-order chi connectivity index (χ1) is 9.58. The van der Waals surface area contributed by atoms with Crippen LogP contribution in [0.4, 0.5) is 11.6 Å². The highest BCUT2D eigenvalue weighted by atomic mass is 16.6. The van der Waals surface area contributed by atoms with E-state index in [1.807, 2.05) is 0 Å². The quantitative estimate of drug-likeness (QED) is 0.655. The first-order valence-corrected chi connectivity index (χ1v) is 6.69. The van der Waals surface area contributed by atoms with Crippen molar-refractivity contribution in [3.63, 3.8) is 0 Å². The first kappa shape index (κ1) is 12.9. The monoisotopic (exact) mass is 275 g/mol. The number of H-pyrrole nitrogens is 1. The Bertz CT molecular complexity index is 653. The molecule has 0 spiro atoms. The van der Waals surface area contributed by atoms with Crippen molar-refractivity contribution in [2.45, 2.75) is 19.4 Å². The Morgan fingerprint density at radius 2 is 2.40 bits per heavy atom. The lowest BCUT2D eigenvalue weighted by molar-refractivity contribution is -0.384. The molecule has 20 heavy (non-hydrogen) atoms. The van der Waals surface area contributed by atoms with Gasteiger partial charge in [0.2, 0.25) is 5.95 Å². The predicted octanol–water partition coefficient (Wildman–Crippen LogP) is 1.64. The number of aromatic amines is 1. The molecule has 1 saturated heterocycles. The van der Waals surface area contributed by atoms with Gasteiger partial charge in [-0.05, 0) is 31.9 Å². The second-order valence-corrected chi connectivity index (χ2v) is 5.36. The van der Waals surface area contributed by atoms with E-state index in [9.17, 15) is 10.1 Å². The van der Waals surface area contributed by atoms with E-state index in [1.54, 1.807) is 6.07 Å². The van der Waals surface area contributed by atoms with Crippen molar-refractivity contribution in [1.82, 2.24) is 9.97 Å². The number of nitro groups is 1. The highest BCUT2D eigenvalue weighted by molar-refractivity contribution is 5.80. The number of imidazole rings is 1. The number of nitrogens with two attached hydrogens (primary N) is 1. The van der Waals surface area contributed by atoms with Crippen LogP contribution in [-0.2, 0) is 0 Å². The molecule has 7 heteroatoms. The van der Waals surface area contributed by atoms with Gasteiger partial charge in [0.25, 0.3) is 5.69 Å². The van der Waals surface area contributed by atoms with Gasteiger partial charge in [-0.25, -0.2) is 4.98 Å². The zero-order valence-electron chi connectivity index (χ0n) is 11.2. The lowest BCUT2D eigenvalue weighted by Crippen LogP contribution is -2.28. The van der Waals surface area contributed by atoms with Gasteiger partial charge in [0.1, 0.15) is 0 Å². The molecular weight excluding hydrogens is 258 g/mol. The molecule has 0 radical (unpaired) electrons. The number of nitrogens with one attached hydrogen (secondary N) is 1. The molecule has 0 saturated carbocycles. The third kappa shape index (κ3) is 2.09. The van der Waals surface area contributed by atoms with Crippen molar-refractivity contribution in [2.75, 3.05) is 18.0 Å². The van der Waals surface area contributed by atoms with E-state index in [4.69, 9.17) is 5.73 Å². The van der Waals surface area contributed by atoms with Crippen LogP contribution in [0.3, 0.4) is 0 Å². The Labute approximate surface area is 115 Å². The average molecular weight is 275 g/mol. The van der Waals surface area contributed by atoms with Crippen molar-refractivity contribution < 1.29 is 4.92 Å². The topological polar surface area (TPSA) is 101 Å². The van der Waals surface area contributed by atoms with Crippen molar-refractivity contribution in [1.29, 1.82) is 0 Å². The number of rotatable bonds is 3. The highest BCUT2D eigenvalue weighted by Gasteiger charge is 2.30. The minimum absolute atomic E-state index is 0.0713. The molecule has 0 bridgehead atoms. The van der Waals surface area contributed by atoms with Crippen LogP contribution in [0.1, 0.15) is 13.3 Å². The SMILES string of the molecule is CC1CC(CN)CN1c1nc2ccc([N+](=O)[O-])cc2[nH]1. The molecule has 106 valence electrons. The van der Waals surface area contributed by atoms with E-state index in [1.165, 1.54) is 12.1 Å². The largest absolute Gasteiger partial charge is 0.339 e. The summed E-state index contributed by atoms with van der Waals surface area (Å²) < 4.78 is 0. The fraction of sp³-hybridized carbons (Fsp3) is 0.462. The van der Waals surface area contributed by atoms with Gasteiger partial charge in [0.05, 0.1) is 16.0 Å². The maximum Gasteiger partial charge on any atom is 0.271 e. The number of nitrogens with zero attached hydrogens (tertiary/aromatic N) is 3. The van der Waals surface area contributed by atoms with E-state index in [-0.39, 0.29) is 5.69 Å². The van der Waals surface area contributed by atoms with Crippen molar-refractivity contribution in [2.24, 2.45) is 11.7 Å². The number of hydrogen-bond donors (Lipinski definition) is 2. The second-order valence-electron chi connectivity index (χ2n) is 5.36. The number of nitro benzene ring substituents is 1. The van der Waals surface area contributed by atoms with Gasteiger partial charge in [-0.2, -0.15) is 0 Å². The summed E-state index contributed by atoms with van der Waals surface area (Å²) in [5, 5.41) is 10.8. The lowest BCUT2D eigenvalue weighted by atomic mass is 10.1. The number of aromatic nitrogens is 2. The fourth-order valence-electron chi connectivity index (χ4n) is 2.84. The molecule has 2 heterocycles. The smallest absolute Gasteiger partial charge is 0.271 e. The summed E-state index contributed by atoms with van der Waals surface area (Å²) in [6, 6.07) is 5.05. The van der Waals surface area contributed by atoms with Crippen LogP contribution in [-0.4, -0.2) is 34.0 Å². The van der Waals surface area contributed by atoms with Crippen LogP contribution in [0.25, 0.3) is 11.0 Å². The van der Waals surface area contributed by atoms with Crippen LogP contribution < -0.4 is 10.6 Å². The first-order valence-electron chi connectivity index (χ1n) is 6.69. The van der Waals surface area contributed by atoms with Crippen molar-refractivity contribution in [3.8, 4) is 0 Å². The highest BCUT2D eigenvalue weighted by Crippen LogP contribution is 2.29. The van der Waals surface area contributed by atoms with E-state index in [0.29, 0.717) is 24.0 Å². The molecule has 0 aliphatic carbocycles. The van der Waals surface area contributed by atoms with E-state index in [2.05, 4.69) is 21.8 Å². The minimum atomic E-state index is -0.400. The number of non-ortho nitro benzene ring substituents is 1. The lowest BCUT2D eigenvalue weighted by Gasteiger charge is -2.20. The van der Waals surface area contributed by atoms with E-state index >= 15 is 0 Å². The summed E-state index contributed by atoms with van der Waals surface area (Å²) >= 11 is 0. The number of benzene rings is 1. The number of fused-ring (bicyclic) bond motifs is 1. The number of anilines is 1. The van der Waals surface area contributed by atoms with Gasteiger partial charge in [-0.15, -0.1) is 0 Å². The third-order valence-corrected chi connectivity index (χ3v) is 3.93. The van der Waals surface area contributed by atoms with Gasteiger partial charge in [0.15, 0.2) is 0 Å². The van der Waals surface area contributed by atoms with E-state index < -0.39 is 4.92 Å². The third-order valence-electron chi connectivity index (χ3n) is 3.93. The molecule has 2 atom stereocenters. The molecule has 3 N–H and O–H groups in total. The molecule has 2 aromatic rings. The standard InChI is InChI=1S/C13H17N5O2/c1-8-4-9(6-14)7-17(8)13-15-11-3-2-10(18(19)20)5-12(11)16-13/h2-3,5,8-9H,4,6-7,14H2,1H3,(H,15,16).